The zero-order valence-corrected chi connectivity index (χ0v) is 15.7. The van der Waals surface area contributed by atoms with Gasteiger partial charge in [-0.25, -0.2) is 0 Å². The molecule has 2 unspecified atom stereocenters. The second-order valence-corrected chi connectivity index (χ2v) is 13.6. The molecule has 0 rings (SSSR count). The number of hydrogen-bond donors (Lipinski definition) is 0. The van der Waals surface area contributed by atoms with E-state index in [9.17, 15) is 0 Å². The van der Waals surface area contributed by atoms with E-state index in [1.54, 1.807) is 0 Å². The molecule has 2 atom stereocenters. The minimum absolute atomic E-state index is 0.636. The van der Waals surface area contributed by atoms with Crippen LogP contribution in [0, 0.1) is 0 Å². The summed E-state index contributed by atoms with van der Waals surface area (Å²) < 4.78 is 11.9. The van der Waals surface area contributed by atoms with E-state index in [1.807, 2.05) is 0 Å². The van der Waals surface area contributed by atoms with Crippen molar-refractivity contribution in [1.29, 1.82) is 0 Å². The summed E-state index contributed by atoms with van der Waals surface area (Å²) in [5, 5.41) is 0. The van der Waals surface area contributed by atoms with Crippen LogP contribution in [-0.2, 0) is 8.85 Å². The van der Waals surface area contributed by atoms with Gasteiger partial charge in [-0.05, 0) is 24.9 Å². The van der Waals surface area contributed by atoms with Crippen molar-refractivity contribution < 1.29 is 8.85 Å². The summed E-state index contributed by atoms with van der Waals surface area (Å²) in [5.74, 6) is 0. The molecule has 18 heavy (non-hydrogen) atoms. The molecular formula is C14H34O2Si2. The van der Waals surface area contributed by atoms with Crippen LogP contribution in [0.1, 0.15) is 48.5 Å². The van der Waals surface area contributed by atoms with E-state index in [0.717, 1.165) is 18.8 Å². The summed E-state index contributed by atoms with van der Waals surface area (Å²) >= 11 is 0. The Morgan fingerprint density at radius 2 is 1.22 bits per heavy atom. The van der Waals surface area contributed by atoms with Crippen LogP contribution in [0.15, 0.2) is 0 Å². The van der Waals surface area contributed by atoms with Crippen molar-refractivity contribution in [2.45, 2.75) is 77.7 Å². The number of rotatable bonds is 10. The van der Waals surface area contributed by atoms with Crippen molar-refractivity contribution in [3.05, 3.63) is 0 Å². The molecule has 0 aromatic rings. The van der Waals surface area contributed by atoms with E-state index in [4.69, 9.17) is 8.85 Å². The van der Waals surface area contributed by atoms with Crippen LogP contribution < -0.4 is 0 Å². The van der Waals surface area contributed by atoms with Crippen LogP contribution >= 0.6 is 0 Å². The largest absolute Gasteiger partial charge is 0.397 e. The lowest BCUT2D eigenvalue weighted by Crippen LogP contribution is -2.42. The van der Waals surface area contributed by atoms with Gasteiger partial charge in [0.25, 0.3) is 0 Å². The lowest BCUT2D eigenvalue weighted by Gasteiger charge is -2.40. The van der Waals surface area contributed by atoms with Gasteiger partial charge in [-0.2, -0.15) is 0 Å². The second kappa shape index (κ2) is 9.29. The van der Waals surface area contributed by atoms with Crippen LogP contribution in [-0.4, -0.2) is 30.6 Å². The van der Waals surface area contributed by atoms with E-state index in [1.165, 1.54) is 18.1 Å². The smallest absolute Gasteiger partial charge is 0.324 e. The summed E-state index contributed by atoms with van der Waals surface area (Å²) in [7, 11) is -2.62. The maximum atomic E-state index is 5.93. The van der Waals surface area contributed by atoms with Crippen molar-refractivity contribution in [2.24, 2.45) is 0 Å². The van der Waals surface area contributed by atoms with Crippen LogP contribution in [0.3, 0.4) is 0 Å². The monoisotopic (exact) mass is 290 g/mol. The van der Waals surface area contributed by atoms with Gasteiger partial charge < -0.3 is 8.85 Å². The molecule has 0 saturated carbocycles. The zero-order valence-electron chi connectivity index (χ0n) is 13.6. The standard InChI is InChI=1S/C14H34O2Si2/c1-8-15-17(16-9-2)13(6)14(7)18(10-3,11-4)12-5/h13-14,17H,8-12H2,1-7H3. The molecule has 0 saturated heterocycles. The van der Waals surface area contributed by atoms with Crippen LogP contribution in [0.25, 0.3) is 0 Å². The summed E-state index contributed by atoms with van der Waals surface area (Å²) in [6, 6.07) is 4.18. The van der Waals surface area contributed by atoms with Gasteiger partial charge in [-0.3, -0.25) is 0 Å². The fraction of sp³-hybridized carbons (Fsp3) is 1.00. The first-order valence-electron chi connectivity index (χ1n) is 7.75. The van der Waals surface area contributed by atoms with Gasteiger partial charge in [0.15, 0.2) is 0 Å². The molecule has 4 heteroatoms. The van der Waals surface area contributed by atoms with E-state index in [2.05, 4.69) is 48.5 Å². The molecular weight excluding hydrogens is 256 g/mol. The van der Waals surface area contributed by atoms with Crippen LogP contribution in [0.5, 0.6) is 0 Å². The highest BCUT2D eigenvalue weighted by Gasteiger charge is 2.40. The minimum atomic E-state index is -1.49. The maximum absolute atomic E-state index is 5.93. The third kappa shape index (κ3) is 4.47. The lowest BCUT2D eigenvalue weighted by molar-refractivity contribution is 0.204. The van der Waals surface area contributed by atoms with Crippen LogP contribution in [0.2, 0.25) is 29.2 Å². The summed E-state index contributed by atoms with van der Waals surface area (Å²) in [4.78, 5) is 0. The molecule has 110 valence electrons. The Morgan fingerprint density at radius 1 is 0.833 bits per heavy atom. The Morgan fingerprint density at radius 3 is 1.50 bits per heavy atom. The molecule has 0 aliphatic carbocycles. The van der Waals surface area contributed by atoms with Crippen LogP contribution in [0.4, 0.5) is 0 Å². The first-order chi connectivity index (χ1) is 8.52. The Kier molecular flexibility index (Phi) is 9.47. The SMILES string of the molecule is CCO[SiH](OCC)C(C)C(C)[Si](CC)(CC)CC. The highest BCUT2D eigenvalue weighted by Crippen LogP contribution is 2.42. The van der Waals surface area contributed by atoms with Crippen molar-refractivity contribution >= 4 is 17.4 Å². The van der Waals surface area contributed by atoms with Gasteiger partial charge >= 0.3 is 9.28 Å². The molecule has 0 fully saturated rings. The predicted molar refractivity (Wildman–Crippen MR) is 86.4 cm³/mol. The van der Waals surface area contributed by atoms with Crippen molar-refractivity contribution in [3.8, 4) is 0 Å². The quantitative estimate of drug-likeness (QED) is 0.549. The maximum Gasteiger partial charge on any atom is 0.324 e. The Bertz CT molecular complexity index is 194. The summed E-state index contributed by atoms with van der Waals surface area (Å²) in [6.45, 7) is 17.8. The topological polar surface area (TPSA) is 18.5 Å². The van der Waals surface area contributed by atoms with Crippen molar-refractivity contribution in [3.63, 3.8) is 0 Å². The molecule has 0 aliphatic heterocycles. The molecule has 0 bridgehead atoms. The van der Waals surface area contributed by atoms with Gasteiger partial charge in [0.1, 0.15) is 0 Å². The highest BCUT2D eigenvalue weighted by molar-refractivity contribution is 6.82. The zero-order chi connectivity index (χ0) is 14.2. The summed E-state index contributed by atoms with van der Waals surface area (Å²) in [6.07, 6.45) is 0. The van der Waals surface area contributed by atoms with Crippen molar-refractivity contribution in [1.82, 2.24) is 0 Å². The Hall–Kier alpha value is 0.354. The first kappa shape index (κ1) is 18.4. The molecule has 0 radical (unpaired) electrons. The van der Waals surface area contributed by atoms with Crippen molar-refractivity contribution in [2.75, 3.05) is 13.2 Å². The van der Waals surface area contributed by atoms with Gasteiger partial charge in [0.2, 0.25) is 0 Å². The highest BCUT2D eigenvalue weighted by atomic mass is 28.3. The Labute approximate surface area is 117 Å². The molecule has 0 amide bonds. The third-order valence-electron chi connectivity index (χ3n) is 4.96. The third-order valence-corrected chi connectivity index (χ3v) is 14.8. The Balaban J connectivity index is 4.84. The molecule has 2 nitrogen and oxygen atoms in total. The van der Waals surface area contributed by atoms with Gasteiger partial charge in [0.05, 0.1) is 8.07 Å². The molecule has 0 aliphatic rings. The first-order valence-corrected chi connectivity index (χ1v) is 12.1. The molecule has 0 heterocycles. The fourth-order valence-corrected chi connectivity index (χ4v) is 11.3. The van der Waals surface area contributed by atoms with E-state index < -0.39 is 17.4 Å². The lowest BCUT2D eigenvalue weighted by atomic mass is 10.3. The van der Waals surface area contributed by atoms with E-state index in [-0.39, 0.29) is 0 Å². The van der Waals surface area contributed by atoms with Gasteiger partial charge in [0, 0.05) is 13.2 Å². The minimum Gasteiger partial charge on any atom is -0.397 e. The summed E-state index contributed by atoms with van der Waals surface area (Å²) in [5.41, 5.74) is 1.45. The predicted octanol–water partition coefficient (Wildman–Crippen LogP) is 4.57. The molecule has 0 N–H and O–H groups in total. The molecule has 0 aromatic carbocycles. The second-order valence-electron chi connectivity index (χ2n) is 5.35. The fourth-order valence-electron chi connectivity index (χ4n) is 3.19. The number of hydrogen-bond acceptors (Lipinski definition) is 2. The normalized spacial score (nSPS) is 16.0. The average Bonchev–Trinajstić information content (AvgIpc) is 2.40. The molecule has 0 spiro atoms. The van der Waals surface area contributed by atoms with Gasteiger partial charge in [-0.15, -0.1) is 0 Å². The van der Waals surface area contributed by atoms with Gasteiger partial charge in [-0.1, -0.05) is 52.8 Å². The van der Waals surface area contributed by atoms with E-state index in [0.29, 0.717) is 5.54 Å². The molecule has 0 aromatic heterocycles. The average molecular weight is 291 g/mol. The van der Waals surface area contributed by atoms with E-state index >= 15 is 0 Å².